The van der Waals surface area contributed by atoms with Crippen LogP contribution in [0.5, 0.6) is 0 Å². The molecule has 0 radical (unpaired) electrons. The Balaban J connectivity index is 1.78. The molecule has 1 aromatic heterocycles. The van der Waals surface area contributed by atoms with Crippen LogP contribution in [0.1, 0.15) is 54.6 Å². The summed E-state index contributed by atoms with van der Waals surface area (Å²) in [7, 11) is -2.77. The summed E-state index contributed by atoms with van der Waals surface area (Å²) in [6, 6.07) is 6.04. The van der Waals surface area contributed by atoms with E-state index in [0.717, 1.165) is 31.9 Å². The molecule has 2 aromatic rings. The number of piperidine rings is 1. The van der Waals surface area contributed by atoms with Crippen molar-refractivity contribution in [2.24, 2.45) is 0 Å². The van der Waals surface area contributed by atoms with E-state index in [1.807, 2.05) is 6.08 Å². The molecule has 0 saturated carbocycles. The number of nitrogens with zero attached hydrogens (tertiary/aromatic N) is 3. The maximum atomic E-state index is 14.5. The minimum absolute atomic E-state index is 0.114. The number of rotatable bonds is 5. The van der Waals surface area contributed by atoms with Gasteiger partial charge in [-0.15, -0.1) is 0 Å². The van der Waals surface area contributed by atoms with Crippen molar-refractivity contribution in [2.45, 2.75) is 51.1 Å². The Labute approximate surface area is 192 Å². The molecule has 0 spiro atoms. The van der Waals surface area contributed by atoms with Crippen molar-refractivity contribution < 1.29 is 13.3 Å². The van der Waals surface area contributed by atoms with Gasteiger partial charge in [0, 0.05) is 42.6 Å². The number of hydrogen-bond acceptors (Lipinski definition) is 6. The normalized spacial score (nSPS) is 20.7. The molecule has 9 heteroatoms. The van der Waals surface area contributed by atoms with E-state index in [1.54, 1.807) is 25.5 Å². The number of alkyl halides is 2. The average molecular weight is 471 g/mol. The van der Waals surface area contributed by atoms with Gasteiger partial charge < -0.3 is 15.2 Å². The molecule has 1 aliphatic heterocycles. The first-order valence-corrected chi connectivity index (χ1v) is 13.7. The van der Waals surface area contributed by atoms with E-state index < -0.39 is 13.1 Å². The van der Waals surface area contributed by atoms with Crippen LogP contribution in [-0.2, 0) is 16.9 Å². The lowest BCUT2D eigenvalue weighted by Crippen LogP contribution is -2.43. The zero-order valence-electron chi connectivity index (χ0n) is 19.2. The third-order valence-corrected chi connectivity index (χ3v) is 7.84. The topological polar surface area (TPSA) is 90.7 Å². The number of anilines is 1. The molecule has 0 amide bonds. The Morgan fingerprint density at radius 3 is 2.67 bits per heavy atom. The maximum Gasteiger partial charge on any atom is 0.274 e. The van der Waals surface area contributed by atoms with Gasteiger partial charge in [0.05, 0.1) is 22.9 Å². The fourth-order valence-electron chi connectivity index (χ4n) is 4.62. The summed E-state index contributed by atoms with van der Waals surface area (Å²) in [5.41, 5.74) is 2.26. The van der Waals surface area contributed by atoms with Crippen LogP contribution >= 0.6 is 7.14 Å². The summed E-state index contributed by atoms with van der Waals surface area (Å²) < 4.78 is 42.1. The molecule has 0 bridgehead atoms. The quantitative estimate of drug-likeness (QED) is 0.634. The SMILES string of the molecule is C[C@H]1CC[C@H](Nc2ncc(C(C)(F)F)c(C3=CCc4c3ccc(C#N)c4P(C)(C)=O)n2)CN1. The van der Waals surface area contributed by atoms with Crippen molar-refractivity contribution in [1.82, 2.24) is 15.3 Å². The molecular weight excluding hydrogens is 443 g/mol. The molecule has 6 nitrogen and oxygen atoms in total. The number of fused-ring (bicyclic) bond motifs is 1. The second-order valence-electron chi connectivity index (χ2n) is 9.34. The third kappa shape index (κ3) is 4.71. The standard InChI is InChI=1S/C24H28F2N5OP/c1-14-5-7-16(12-28-14)30-23-29-13-20(24(2,25)26)21(31-23)18-9-10-19-17(18)8-6-15(11-27)22(19)33(3,4)32/h6,8-9,13-14,16,28H,5,7,10,12H2,1-4H3,(H,29,30,31)/t14-,16-/m0/s1. The van der Waals surface area contributed by atoms with Gasteiger partial charge in [-0.25, -0.2) is 18.7 Å². The lowest BCUT2D eigenvalue weighted by atomic mass is 9.97. The van der Waals surface area contributed by atoms with Gasteiger partial charge >= 0.3 is 0 Å². The average Bonchev–Trinajstić information content (AvgIpc) is 3.17. The Kier molecular flexibility index (Phi) is 6.15. The van der Waals surface area contributed by atoms with E-state index in [9.17, 15) is 18.6 Å². The van der Waals surface area contributed by atoms with Crippen molar-refractivity contribution in [3.63, 3.8) is 0 Å². The van der Waals surface area contributed by atoms with Crippen LogP contribution in [0.4, 0.5) is 14.7 Å². The van der Waals surface area contributed by atoms with Crippen LogP contribution < -0.4 is 15.9 Å². The highest BCUT2D eigenvalue weighted by Crippen LogP contribution is 2.44. The minimum Gasteiger partial charge on any atom is -0.350 e. The fraction of sp³-hybridized carbons (Fsp3) is 0.458. The predicted octanol–water partition coefficient (Wildman–Crippen LogP) is 4.25. The number of allylic oxidation sites excluding steroid dienone is 1. The van der Waals surface area contributed by atoms with Crippen molar-refractivity contribution in [3.8, 4) is 6.07 Å². The van der Waals surface area contributed by atoms with Gasteiger partial charge in [-0.2, -0.15) is 5.26 Å². The second-order valence-corrected chi connectivity index (χ2v) is 12.5. The number of aromatic nitrogens is 2. The van der Waals surface area contributed by atoms with Gasteiger partial charge in [-0.05, 0) is 56.7 Å². The molecule has 1 fully saturated rings. The molecule has 1 saturated heterocycles. The Morgan fingerprint density at radius 2 is 2.06 bits per heavy atom. The molecule has 2 atom stereocenters. The first-order valence-electron chi connectivity index (χ1n) is 11.1. The molecule has 174 valence electrons. The van der Waals surface area contributed by atoms with Crippen LogP contribution in [0.2, 0.25) is 0 Å². The first kappa shape index (κ1) is 23.5. The first-order chi connectivity index (χ1) is 15.5. The van der Waals surface area contributed by atoms with Gasteiger partial charge in [0.2, 0.25) is 5.95 Å². The molecular formula is C24H28F2N5OP. The van der Waals surface area contributed by atoms with E-state index in [0.29, 0.717) is 40.4 Å². The van der Waals surface area contributed by atoms with E-state index in [-0.39, 0.29) is 17.3 Å². The van der Waals surface area contributed by atoms with Crippen LogP contribution in [0, 0.1) is 11.3 Å². The molecule has 33 heavy (non-hydrogen) atoms. The van der Waals surface area contributed by atoms with E-state index in [2.05, 4.69) is 33.6 Å². The molecule has 2 N–H and O–H groups in total. The largest absolute Gasteiger partial charge is 0.350 e. The van der Waals surface area contributed by atoms with E-state index in [4.69, 9.17) is 0 Å². The van der Waals surface area contributed by atoms with Crippen molar-refractivity contribution in [3.05, 3.63) is 52.4 Å². The molecule has 1 aromatic carbocycles. The number of nitrogens with one attached hydrogen (secondary N) is 2. The van der Waals surface area contributed by atoms with Gasteiger partial charge in [-0.3, -0.25) is 0 Å². The highest BCUT2D eigenvalue weighted by atomic mass is 31.2. The van der Waals surface area contributed by atoms with Crippen molar-refractivity contribution in [1.29, 1.82) is 5.26 Å². The van der Waals surface area contributed by atoms with Crippen molar-refractivity contribution >= 4 is 24.0 Å². The summed E-state index contributed by atoms with van der Waals surface area (Å²) in [6.07, 6.45) is 5.37. The van der Waals surface area contributed by atoms with Crippen LogP contribution in [0.25, 0.3) is 5.57 Å². The Bertz CT molecular complexity index is 1200. The summed E-state index contributed by atoms with van der Waals surface area (Å²) in [4.78, 5) is 8.72. The van der Waals surface area contributed by atoms with Gasteiger partial charge in [-0.1, -0.05) is 12.1 Å². The third-order valence-electron chi connectivity index (χ3n) is 6.25. The molecule has 1 aliphatic carbocycles. The molecule has 4 rings (SSSR count). The minimum atomic E-state index is -3.14. The van der Waals surface area contributed by atoms with E-state index in [1.165, 1.54) is 6.20 Å². The highest BCUT2D eigenvalue weighted by molar-refractivity contribution is 7.70. The monoisotopic (exact) mass is 471 g/mol. The number of benzene rings is 1. The molecule has 2 aliphatic rings. The van der Waals surface area contributed by atoms with Gasteiger partial charge in [0.1, 0.15) is 7.14 Å². The lowest BCUT2D eigenvalue weighted by Gasteiger charge is -2.28. The van der Waals surface area contributed by atoms with E-state index >= 15 is 0 Å². The maximum absolute atomic E-state index is 14.5. The van der Waals surface area contributed by atoms with Crippen LogP contribution in [0.15, 0.2) is 24.4 Å². The smallest absolute Gasteiger partial charge is 0.274 e. The second kappa shape index (κ2) is 8.62. The summed E-state index contributed by atoms with van der Waals surface area (Å²) in [5, 5.41) is 16.7. The fourth-order valence-corrected chi connectivity index (χ4v) is 6.19. The summed E-state index contributed by atoms with van der Waals surface area (Å²) in [6.45, 7) is 6.96. The number of nitriles is 1. The van der Waals surface area contributed by atoms with Crippen molar-refractivity contribution in [2.75, 3.05) is 25.2 Å². The lowest BCUT2D eigenvalue weighted by molar-refractivity contribution is 0.0165. The van der Waals surface area contributed by atoms with Crippen LogP contribution in [-0.4, -0.2) is 41.9 Å². The summed E-state index contributed by atoms with van der Waals surface area (Å²) in [5.74, 6) is -2.83. The summed E-state index contributed by atoms with van der Waals surface area (Å²) >= 11 is 0. The zero-order valence-corrected chi connectivity index (χ0v) is 20.1. The van der Waals surface area contributed by atoms with Gasteiger partial charge in [0.25, 0.3) is 5.92 Å². The zero-order chi connectivity index (χ0) is 24.0. The molecule has 2 heterocycles. The van der Waals surface area contributed by atoms with Crippen LogP contribution in [0.3, 0.4) is 0 Å². The highest BCUT2D eigenvalue weighted by Gasteiger charge is 2.34. The number of hydrogen-bond donors (Lipinski definition) is 2. The Morgan fingerprint density at radius 1 is 1.30 bits per heavy atom. The van der Waals surface area contributed by atoms with Gasteiger partial charge in [0.15, 0.2) is 0 Å². The molecule has 0 unspecified atom stereocenters. The Hall–Kier alpha value is -2.62. The predicted molar refractivity (Wildman–Crippen MR) is 127 cm³/mol. The number of halogens is 2.